The zero-order chi connectivity index (χ0) is 15.0. The lowest BCUT2D eigenvalue weighted by Crippen LogP contribution is -2.31. The van der Waals surface area contributed by atoms with Gasteiger partial charge in [-0.1, -0.05) is 20.8 Å². The zero-order valence-electron chi connectivity index (χ0n) is 12.7. The summed E-state index contributed by atoms with van der Waals surface area (Å²) in [5.41, 5.74) is 0. The molecule has 0 saturated carbocycles. The van der Waals surface area contributed by atoms with Gasteiger partial charge in [-0.2, -0.15) is 9.40 Å². The molecule has 1 aromatic heterocycles. The summed E-state index contributed by atoms with van der Waals surface area (Å²) in [6.45, 7) is 9.40. The second-order valence-electron chi connectivity index (χ2n) is 4.69. The summed E-state index contributed by atoms with van der Waals surface area (Å²) in [6.07, 6.45) is 4.94. The van der Waals surface area contributed by atoms with Crippen LogP contribution < -0.4 is 5.32 Å². The van der Waals surface area contributed by atoms with E-state index in [1.54, 1.807) is 10.9 Å². The van der Waals surface area contributed by atoms with E-state index in [0.717, 1.165) is 25.9 Å². The van der Waals surface area contributed by atoms with Gasteiger partial charge in [0.2, 0.25) is 10.0 Å². The van der Waals surface area contributed by atoms with Gasteiger partial charge in [0.05, 0.1) is 12.7 Å². The third-order valence-electron chi connectivity index (χ3n) is 3.02. The van der Waals surface area contributed by atoms with Crippen molar-refractivity contribution in [3.05, 3.63) is 12.4 Å². The summed E-state index contributed by atoms with van der Waals surface area (Å²) in [5.74, 6) is 0. The van der Waals surface area contributed by atoms with Crippen LogP contribution in [0.5, 0.6) is 0 Å². The molecule has 116 valence electrons. The molecule has 6 nitrogen and oxygen atoms in total. The van der Waals surface area contributed by atoms with Crippen molar-refractivity contribution in [3.8, 4) is 0 Å². The summed E-state index contributed by atoms with van der Waals surface area (Å²) in [4.78, 5) is 0.281. The Morgan fingerprint density at radius 3 is 2.60 bits per heavy atom. The van der Waals surface area contributed by atoms with Gasteiger partial charge in [0.1, 0.15) is 4.90 Å². The number of hydrogen-bond acceptors (Lipinski definition) is 4. The molecule has 0 aliphatic heterocycles. The molecule has 1 aromatic rings. The molecule has 0 atom stereocenters. The molecular formula is C13H26N4O2S. The lowest BCUT2D eigenvalue weighted by Gasteiger charge is -2.18. The largest absolute Gasteiger partial charge is 0.315 e. The van der Waals surface area contributed by atoms with Crippen molar-refractivity contribution < 1.29 is 8.42 Å². The average Bonchev–Trinajstić information content (AvgIpc) is 2.90. The SMILES string of the molecule is CCCNCCn1cc(S(=O)(=O)N(CC)CCC)cn1. The summed E-state index contributed by atoms with van der Waals surface area (Å²) in [7, 11) is -3.40. The molecule has 0 radical (unpaired) electrons. The minimum Gasteiger partial charge on any atom is -0.315 e. The van der Waals surface area contributed by atoms with Crippen LogP contribution in [-0.2, 0) is 16.6 Å². The van der Waals surface area contributed by atoms with E-state index in [1.165, 1.54) is 10.5 Å². The third kappa shape index (κ3) is 4.57. The number of hydrogen-bond donors (Lipinski definition) is 1. The Hall–Kier alpha value is -0.920. The van der Waals surface area contributed by atoms with Crippen LogP contribution in [0.4, 0.5) is 0 Å². The van der Waals surface area contributed by atoms with Crippen LogP contribution in [0.2, 0.25) is 0 Å². The molecule has 0 bridgehead atoms. The maximum Gasteiger partial charge on any atom is 0.246 e. The van der Waals surface area contributed by atoms with E-state index in [-0.39, 0.29) is 4.90 Å². The van der Waals surface area contributed by atoms with Crippen molar-refractivity contribution in [2.24, 2.45) is 0 Å². The molecule has 1 rings (SSSR count). The van der Waals surface area contributed by atoms with Gasteiger partial charge in [0, 0.05) is 25.8 Å². The Bertz CT molecular complexity index is 484. The molecule has 0 aliphatic carbocycles. The van der Waals surface area contributed by atoms with Crippen molar-refractivity contribution in [1.82, 2.24) is 19.4 Å². The molecule has 20 heavy (non-hydrogen) atoms. The van der Waals surface area contributed by atoms with Gasteiger partial charge in [-0.25, -0.2) is 8.42 Å². The van der Waals surface area contributed by atoms with Gasteiger partial charge in [-0.3, -0.25) is 4.68 Å². The normalized spacial score (nSPS) is 12.2. The Morgan fingerprint density at radius 2 is 2.00 bits per heavy atom. The first-order valence-electron chi connectivity index (χ1n) is 7.29. The molecule has 0 fully saturated rings. The van der Waals surface area contributed by atoms with E-state index in [2.05, 4.69) is 17.3 Å². The number of rotatable bonds is 10. The van der Waals surface area contributed by atoms with Crippen molar-refractivity contribution in [3.63, 3.8) is 0 Å². The Morgan fingerprint density at radius 1 is 1.25 bits per heavy atom. The summed E-state index contributed by atoms with van der Waals surface area (Å²) < 4.78 is 28.0. The van der Waals surface area contributed by atoms with E-state index >= 15 is 0 Å². The fourth-order valence-corrected chi connectivity index (χ4v) is 3.44. The van der Waals surface area contributed by atoms with Gasteiger partial charge in [0.15, 0.2) is 0 Å². The van der Waals surface area contributed by atoms with Crippen molar-refractivity contribution >= 4 is 10.0 Å². The highest BCUT2D eigenvalue weighted by atomic mass is 32.2. The highest BCUT2D eigenvalue weighted by molar-refractivity contribution is 7.89. The first kappa shape index (κ1) is 17.1. The number of aromatic nitrogens is 2. The Labute approximate surface area is 122 Å². The van der Waals surface area contributed by atoms with Crippen LogP contribution >= 0.6 is 0 Å². The molecule has 7 heteroatoms. The molecule has 0 unspecified atom stereocenters. The maximum absolute atomic E-state index is 12.4. The van der Waals surface area contributed by atoms with Crippen LogP contribution in [0.25, 0.3) is 0 Å². The molecule has 0 aliphatic rings. The maximum atomic E-state index is 12.4. The monoisotopic (exact) mass is 302 g/mol. The summed E-state index contributed by atoms with van der Waals surface area (Å²) in [6, 6.07) is 0. The summed E-state index contributed by atoms with van der Waals surface area (Å²) in [5, 5.41) is 7.39. The van der Waals surface area contributed by atoms with Crippen molar-refractivity contribution in [2.75, 3.05) is 26.2 Å². The topological polar surface area (TPSA) is 67.2 Å². The van der Waals surface area contributed by atoms with Gasteiger partial charge in [-0.15, -0.1) is 0 Å². The lowest BCUT2D eigenvalue weighted by atomic mass is 10.5. The lowest BCUT2D eigenvalue weighted by molar-refractivity contribution is 0.427. The molecule has 1 heterocycles. The average molecular weight is 302 g/mol. The third-order valence-corrected chi connectivity index (χ3v) is 4.94. The second-order valence-corrected chi connectivity index (χ2v) is 6.62. The van der Waals surface area contributed by atoms with E-state index in [1.807, 2.05) is 13.8 Å². The minimum absolute atomic E-state index is 0.281. The fraction of sp³-hybridized carbons (Fsp3) is 0.769. The van der Waals surface area contributed by atoms with Gasteiger partial charge in [0.25, 0.3) is 0 Å². The minimum atomic E-state index is -3.40. The quantitative estimate of drug-likeness (QED) is 0.662. The Kier molecular flexibility index (Phi) is 7.18. The van der Waals surface area contributed by atoms with Crippen LogP contribution in [0.1, 0.15) is 33.6 Å². The first-order chi connectivity index (χ1) is 9.56. The molecule has 0 spiro atoms. The second kappa shape index (κ2) is 8.39. The van der Waals surface area contributed by atoms with E-state index in [4.69, 9.17) is 0 Å². The number of nitrogens with zero attached hydrogens (tertiary/aromatic N) is 3. The number of nitrogens with one attached hydrogen (secondary N) is 1. The fourth-order valence-electron chi connectivity index (χ4n) is 1.94. The zero-order valence-corrected chi connectivity index (χ0v) is 13.5. The standard InChI is InChI=1S/C13H26N4O2S/c1-4-7-14-8-10-16-12-13(11-15-16)20(18,19)17(6-3)9-5-2/h11-12,14H,4-10H2,1-3H3. The van der Waals surface area contributed by atoms with Gasteiger partial charge < -0.3 is 5.32 Å². The van der Waals surface area contributed by atoms with E-state index in [9.17, 15) is 8.42 Å². The van der Waals surface area contributed by atoms with Crippen LogP contribution in [-0.4, -0.2) is 48.7 Å². The highest BCUT2D eigenvalue weighted by Gasteiger charge is 2.23. The van der Waals surface area contributed by atoms with Gasteiger partial charge in [-0.05, 0) is 19.4 Å². The number of sulfonamides is 1. The predicted octanol–water partition coefficient (Wildman–Crippen LogP) is 1.30. The van der Waals surface area contributed by atoms with Crippen molar-refractivity contribution in [2.45, 2.75) is 45.1 Å². The summed E-state index contributed by atoms with van der Waals surface area (Å²) >= 11 is 0. The predicted molar refractivity (Wildman–Crippen MR) is 80.1 cm³/mol. The molecule has 0 aromatic carbocycles. The smallest absolute Gasteiger partial charge is 0.246 e. The van der Waals surface area contributed by atoms with Gasteiger partial charge >= 0.3 is 0 Å². The molecule has 0 saturated heterocycles. The first-order valence-corrected chi connectivity index (χ1v) is 8.73. The molecule has 0 amide bonds. The van der Waals surface area contributed by atoms with Crippen LogP contribution in [0.15, 0.2) is 17.3 Å². The molecular weight excluding hydrogens is 276 g/mol. The van der Waals surface area contributed by atoms with Crippen LogP contribution in [0.3, 0.4) is 0 Å². The van der Waals surface area contributed by atoms with Crippen LogP contribution in [0, 0.1) is 0 Å². The van der Waals surface area contributed by atoms with E-state index in [0.29, 0.717) is 19.6 Å². The Balaban J connectivity index is 2.69. The van der Waals surface area contributed by atoms with E-state index < -0.39 is 10.0 Å². The van der Waals surface area contributed by atoms with Crippen molar-refractivity contribution in [1.29, 1.82) is 0 Å². The highest BCUT2D eigenvalue weighted by Crippen LogP contribution is 2.14. The molecule has 1 N–H and O–H groups in total.